The molecule has 2 N–H and O–H groups in total. The van der Waals surface area contributed by atoms with Gasteiger partial charge in [0.1, 0.15) is 0 Å². The van der Waals surface area contributed by atoms with E-state index in [1.165, 1.54) is 12.8 Å². The molecule has 2 fully saturated rings. The SMILES string of the molecule is CCNC(=NCC(C)N1CCN(C)CC1)NC(C)c1ccc(OCC2CC2)c(F)c1.I. The van der Waals surface area contributed by atoms with Crippen molar-refractivity contribution >= 4 is 29.9 Å². The minimum absolute atomic E-state index is 0. The number of rotatable bonds is 9. The summed E-state index contributed by atoms with van der Waals surface area (Å²) >= 11 is 0. The molecule has 1 saturated heterocycles. The fourth-order valence-corrected chi connectivity index (χ4v) is 3.61. The molecule has 0 bridgehead atoms. The van der Waals surface area contributed by atoms with Crippen LogP contribution in [0.3, 0.4) is 0 Å². The van der Waals surface area contributed by atoms with Gasteiger partial charge in [-0.25, -0.2) is 4.39 Å². The van der Waals surface area contributed by atoms with Gasteiger partial charge >= 0.3 is 0 Å². The minimum atomic E-state index is -0.299. The first-order chi connectivity index (χ1) is 14.5. The van der Waals surface area contributed by atoms with Crippen LogP contribution in [0.15, 0.2) is 23.2 Å². The fraction of sp³-hybridized carbons (Fsp3) is 0.696. The molecular formula is C23H39FIN5O. The van der Waals surface area contributed by atoms with E-state index in [0.29, 0.717) is 24.3 Å². The molecule has 0 radical (unpaired) electrons. The van der Waals surface area contributed by atoms with E-state index in [2.05, 4.69) is 41.3 Å². The Labute approximate surface area is 204 Å². The van der Waals surface area contributed by atoms with E-state index < -0.39 is 0 Å². The summed E-state index contributed by atoms with van der Waals surface area (Å²) in [5, 5.41) is 6.72. The third-order valence-corrected chi connectivity index (χ3v) is 6.00. The first kappa shape index (κ1) is 26.1. The van der Waals surface area contributed by atoms with Crippen molar-refractivity contribution < 1.29 is 9.13 Å². The second-order valence-corrected chi connectivity index (χ2v) is 8.72. The molecule has 176 valence electrons. The molecule has 8 heteroatoms. The van der Waals surface area contributed by atoms with Gasteiger partial charge in [-0.15, -0.1) is 24.0 Å². The lowest BCUT2D eigenvalue weighted by Gasteiger charge is -2.36. The van der Waals surface area contributed by atoms with Gasteiger partial charge in [-0.2, -0.15) is 0 Å². The zero-order valence-electron chi connectivity index (χ0n) is 19.4. The van der Waals surface area contributed by atoms with E-state index in [-0.39, 0.29) is 35.8 Å². The zero-order chi connectivity index (χ0) is 21.5. The summed E-state index contributed by atoms with van der Waals surface area (Å²) in [6.07, 6.45) is 2.39. The standard InChI is InChI=1S/C23H38FN5O.HI/c1-5-25-23(26-15-17(2)29-12-10-28(4)11-13-29)27-18(3)20-8-9-22(21(24)14-20)30-16-19-6-7-19;/h8-9,14,17-19H,5-7,10-13,15-16H2,1-4H3,(H2,25,26,27);1H. The van der Waals surface area contributed by atoms with Crippen molar-refractivity contribution in [2.75, 3.05) is 52.9 Å². The molecule has 0 amide bonds. The zero-order valence-corrected chi connectivity index (χ0v) is 21.7. The van der Waals surface area contributed by atoms with E-state index in [0.717, 1.165) is 50.8 Å². The van der Waals surface area contributed by atoms with Crippen LogP contribution in [0.1, 0.15) is 45.2 Å². The molecule has 1 aromatic rings. The highest BCUT2D eigenvalue weighted by molar-refractivity contribution is 14.0. The number of halogens is 2. The highest BCUT2D eigenvalue weighted by Crippen LogP contribution is 2.30. The normalized spacial score (nSPS) is 20.0. The molecule has 2 aliphatic rings. The fourth-order valence-electron chi connectivity index (χ4n) is 3.61. The number of benzene rings is 1. The third-order valence-electron chi connectivity index (χ3n) is 6.00. The van der Waals surface area contributed by atoms with Crippen LogP contribution in [0.2, 0.25) is 0 Å². The number of likely N-dealkylation sites (N-methyl/N-ethyl adjacent to an activating group) is 1. The van der Waals surface area contributed by atoms with Crippen LogP contribution in [0, 0.1) is 11.7 Å². The Morgan fingerprint density at radius 3 is 2.55 bits per heavy atom. The van der Waals surface area contributed by atoms with E-state index in [9.17, 15) is 4.39 Å². The Balaban J connectivity index is 0.00000341. The first-order valence-corrected chi connectivity index (χ1v) is 11.4. The maximum Gasteiger partial charge on any atom is 0.191 e. The molecule has 1 aliphatic carbocycles. The van der Waals surface area contributed by atoms with Gasteiger partial charge in [-0.05, 0) is 64.3 Å². The number of nitrogens with zero attached hydrogens (tertiary/aromatic N) is 3. The monoisotopic (exact) mass is 547 g/mol. The summed E-state index contributed by atoms with van der Waals surface area (Å²) in [4.78, 5) is 9.64. The molecule has 1 saturated carbocycles. The summed E-state index contributed by atoms with van der Waals surface area (Å²) < 4.78 is 20.1. The van der Waals surface area contributed by atoms with Crippen LogP contribution < -0.4 is 15.4 Å². The van der Waals surface area contributed by atoms with Gasteiger partial charge in [0.15, 0.2) is 17.5 Å². The highest BCUT2D eigenvalue weighted by atomic mass is 127. The molecule has 1 heterocycles. The molecule has 0 spiro atoms. The quantitative estimate of drug-likeness (QED) is 0.282. The number of ether oxygens (including phenoxy) is 1. The number of hydrogen-bond donors (Lipinski definition) is 2. The Morgan fingerprint density at radius 1 is 1.23 bits per heavy atom. The van der Waals surface area contributed by atoms with Crippen molar-refractivity contribution in [2.45, 2.75) is 45.7 Å². The van der Waals surface area contributed by atoms with Crippen LogP contribution in [0.5, 0.6) is 5.75 Å². The van der Waals surface area contributed by atoms with Crippen LogP contribution in [0.4, 0.5) is 4.39 Å². The third kappa shape index (κ3) is 8.38. The summed E-state index contributed by atoms with van der Waals surface area (Å²) in [6.45, 7) is 12.8. The van der Waals surface area contributed by atoms with Gasteiger partial charge < -0.3 is 20.3 Å². The average molecular weight is 548 g/mol. The van der Waals surface area contributed by atoms with Crippen LogP contribution in [-0.4, -0.2) is 74.7 Å². The smallest absolute Gasteiger partial charge is 0.191 e. The molecule has 0 aromatic heterocycles. The molecule has 1 aromatic carbocycles. The van der Waals surface area contributed by atoms with E-state index in [1.54, 1.807) is 12.1 Å². The summed E-state index contributed by atoms with van der Waals surface area (Å²) in [7, 11) is 2.17. The first-order valence-electron chi connectivity index (χ1n) is 11.4. The molecule has 6 nitrogen and oxygen atoms in total. The lowest BCUT2D eigenvalue weighted by Crippen LogP contribution is -2.49. The minimum Gasteiger partial charge on any atom is -0.490 e. The maximum absolute atomic E-state index is 14.4. The number of aliphatic imine (C=N–C) groups is 1. The van der Waals surface area contributed by atoms with Gasteiger partial charge in [0.25, 0.3) is 0 Å². The van der Waals surface area contributed by atoms with Gasteiger partial charge in [0, 0.05) is 38.8 Å². The largest absolute Gasteiger partial charge is 0.490 e. The second-order valence-electron chi connectivity index (χ2n) is 8.72. The van der Waals surface area contributed by atoms with Gasteiger partial charge in [0.05, 0.1) is 19.2 Å². The van der Waals surface area contributed by atoms with Crippen LogP contribution >= 0.6 is 24.0 Å². The Bertz CT molecular complexity index is 707. The Morgan fingerprint density at radius 2 is 1.94 bits per heavy atom. The lowest BCUT2D eigenvalue weighted by atomic mass is 10.1. The predicted molar refractivity (Wildman–Crippen MR) is 136 cm³/mol. The summed E-state index contributed by atoms with van der Waals surface area (Å²) in [5.74, 6) is 1.42. The summed E-state index contributed by atoms with van der Waals surface area (Å²) in [6, 6.07) is 5.57. The van der Waals surface area contributed by atoms with Crippen molar-refractivity contribution in [3.63, 3.8) is 0 Å². The van der Waals surface area contributed by atoms with Gasteiger partial charge in [0.2, 0.25) is 0 Å². The molecular weight excluding hydrogens is 508 g/mol. The molecule has 3 rings (SSSR count). The second kappa shape index (κ2) is 12.8. The molecule has 2 unspecified atom stereocenters. The molecule has 1 aliphatic heterocycles. The predicted octanol–water partition coefficient (Wildman–Crippen LogP) is 3.48. The maximum atomic E-state index is 14.4. The van der Waals surface area contributed by atoms with Crippen molar-refractivity contribution in [3.8, 4) is 5.75 Å². The van der Waals surface area contributed by atoms with Crippen molar-refractivity contribution in [1.29, 1.82) is 0 Å². The number of guanidine groups is 1. The Hall–Kier alpha value is -1.13. The van der Waals surface area contributed by atoms with E-state index in [4.69, 9.17) is 9.73 Å². The molecule has 31 heavy (non-hydrogen) atoms. The number of hydrogen-bond acceptors (Lipinski definition) is 4. The van der Waals surface area contributed by atoms with Crippen molar-refractivity contribution in [2.24, 2.45) is 10.9 Å². The van der Waals surface area contributed by atoms with Gasteiger partial charge in [-0.1, -0.05) is 6.07 Å². The highest BCUT2D eigenvalue weighted by Gasteiger charge is 2.23. The topological polar surface area (TPSA) is 52.1 Å². The Kier molecular flexibility index (Phi) is 10.8. The lowest BCUT2D eigenvalue weighted by molar-refractivity contribution is 0.122. The number of piperazine rings is 1. The summed E-state index contributed by atoms with van der Waals surface area (Å²) in [5.41, 5.74) is 0.879. The molecule has 2 atom stereocenters. The van der Waals surface area contributed by atoms with Crippen molar-refractivity contribution in [3.05, 3.63) is 29.6 Å². The number of nitrogens with one attached hydrogen (secondary N) is 2. The van der Waals surface area contributed by atoms with Gasteiger partial charge in [-0.3, -0.25) is 9.89 Å². The van der Waals surface area contributed by atoms with E-state index >= 15 is 0 Å². The van der Waals surface area contributed by atoms with Crippen LogP contribution in [0.25, 0.3) is 0 Å². The van der Waals surface area contributed by atoms with Crippen LogP contribution in [-0.2, 0) is 0 Å². The van der Waals surface area contributed by atoms with E-state index in [1.807, 2.05) is 13.0 Å². The van der Waals surface area contributed by atoms with Crippen molar-refractivity contribution in [1.82, 2.24) is 20.4 Å². The average Bonchev–Trinajstić information content (AvgIpc) is 3.56.